The molecule has 5 nitrogen and oxygen atoms in total. The Kier molecular flexibility index (Phi) is 3.87. The van der Waals surface area contributed by atoms with E-state index in [9.17, 15) is 0 Å². The smallest absolute Gasteiger partial charge is 0.261 e. The third-order valence-electron chi connectivity index (χ3n) is 4.01. The summed E-state index contributed by atoms with van der Waals surface area (Å²) in [7, 11) is 1.58. The van der Waals surface area contributed by atoms with E-state index in [1.807, 2.05) is 6.07 Å². The zero-order chi connectivity index (χ0) is 14.9. The van der Waals surface area contributed by atoms with E-state index in [-0.39, 0.29) is 0 Å². The molecule has 1 aromatic heterocycles. The first-order chi connectivity index (χ1) is 10.1. The van der Waals surface area contributed by atoms with Gasteiger partial charge in [-0.1, -0.05) is 36.0 Å². The fourth-order valence-corrected chi connectivity index (χ4v) is 2.95. The van der Waals surface area contributed by atoms with Crippen LogP contribution in [0.25, 0.3) is 11.5 Å². The molecule has 2 aromatic rings. The molecule has 0 amide bonds. The van der Waals surface area contributed by atoms with Gasteiger partial charge in [-0.15, -0.1) is 0 Å². The SMILES string of the molecule is COc1cc(Cl)ccc1-c1nc(C2(N)CCCCC2)no1. The van der Waals surface area contributed by atoms with E-state index in [0.29, 0.717) is 22.5 Å². The Morgan fingerprint density at radius 2 is 2.05 bits per heavy atom. The largest absolute Gasteiger partial charge is 0.496 e. The second-order valence-corrected chi connectivity index (χ2v) is 5.92. The zero-order valence-corrected chi connectivity index (χ0v) is 12.7. The van der Waals surface area contributed by atoms with E-state index < -0.39 is 5.54 Å². The van der Waals surface area contributed by atoms with Gasteiger partial charge in [-0.2, -0.15) is 4.98 Å². The quantitative estimate of drug-likeness (QED) is 0.939. The maximum absolute atomic E-state index is 6.43. The van der Waals surface area contributed by atoms with Crippen molar-refractivity contribution in [1.29, 1.82) is 0 Å². The van der Waals surface area contributed by atoms with E-state index in [2.05, 4.69) is 10.1 Å². The molecule has 3 rings (SSSR count). The number of methoxy groups -OCH3 is 1. The highest BCUT2D eigenvalue weighted by atomic mass is 35.5. The Bertz CT molecular complexity index is 636. The van der Waals surface area contributed by atoms with Gasteiger partial charge in [0, 0.05) is 5.02 Å². The predicted octanol–water partition coefficient (Wildman–Crippen LogP) is 3.52. The normalized spacial score (nSPS) is 17.7. The van der Waals surface area contributed by atoms with Crippen molar-refractivity contribution in [2.75, 3.05) is 7.11 Å². The van der Waals surface area contributed by atoms with Gasteiger partial charge in [0.2, 0.25) is 0 Å². The average molecular weight is 308 g/mol. The lowest BCUT2D eigenvalue weighted by molar-refractivity contribution is 0.275. The fraction of sp³-hybridized carbons (Fsp3) is 0.467. The highest BCUT2D eigenvalue weighted by Gasteiger charge is 2.34. The third-order valence-corrected chi connectivity index (χ3v) is 4.25. The van der Waals surface area contributed by atoms with Crippen molar-refractivity contribution in [1.82, 2.24) is 10.1 Å². The van der Waals surface area contributed by atoms with E-state index in [1.165, 1.54) is 6.42 Å². The molecule has 112 valence electrons. The predicted molar refractivity (Wildman–Crippen MR) is 80.2 cm³/mol. The molecule has 1 aliphatic rings. The van der Waals surface area contributed by atoms with Gasteiger partial charge in [0.25, 0.3) is 5.89 Å². The van der Waals surface area contributed by atoms with Crippen molar-refractivity contribution in [3.63, 3.8) is 0 Å². The highest BCUT2D eigenvalue weighted by Crippen LogP contribution is 2.36. The molecule has 2 N–H and O–H groups in total. The van der Waals surface area contributed by atoms with Crippen LogP contribution in [0.3, 0.4) is 0 Å². The monoisotopic (exact) mass is 307 g/mol. The molecule has 0 saturated heterocycles. The first-order valence-electron chi connectivity index (χ1n) is 7.09. The van der Waals surface area contributed by atoms with Crippen LogP contribution in [0, 0.1) is 0 Å². The number of hydrogen-bond acceptors (Lipinski definition) is 5. The average Bonchev–Trinajstić information content (AvgIpc) is 2.98. The number of halogens is 1. The van der Waals surface area contributed by atoms with Crippen molar-refractivity contribution < 1.29 is 9.26 Å². The second-order valence-electron chi connectivity index (χ2n) is 5.48. The Hall–Kier alpha value is -1.59. The van der Waals surface area contributed by atoms with Crippen molar-refractivity contribution in [2.45, 2.75) is 37.6 Å². The molecule has 0 aliphatic heterocycles. The highest BCUT2D eigenvalue weighted by molar-refractivity contribution is 6.30. The topological polar surface area (TPSA) is 74.2 Å². The summed E-state index contributed by atoms with van der Waals surface area (Å²) in [6, 6.07) is 5.30. The van der Waals surface area contributed by atoms with Gasteiger partial charge in [0.05, 0.1) is 18.2 Å². The maximum atomic E-state index is 6.43. The minimum absolute atomic E-state index is 0.411. The van der Waals surface area contributed by atoms with Gasteiger partial charge < -0.3 is 15.0 Å². The van der Waals surface area contributed by atoms with Crippen LogP contribution in [0.2, 0.25) is 5.02 Å². The summed E-state index contributed by atoms with van der Waals surface area (Å²) < 4.78 is 10.7. The zero-order valence-electron chi connectivity index (χ0n) is 11.9. The summed E-state index contributed by atoms with van der Waals surface area (Å²) in [6.07, 6.45) is 5.21. The summed E-state index contributed by atoms with van der Waals surface area (Å²) in [4.78, 5) is 4.49. The van der Waals surface area contributed by atoms with Crippen LogP contribution < -0.4 is 10.5 Å². The molecular weight excluding hydrogens is 290 g/mol. The van der Waals surface area contributed by atoms with Crippen LogP contribution in [-0.2, 0) is 5.54 Å². The van der Waals surface area contributed by atoms with E-state index in [1.54, 1.807) is 19.2 Å². The van der Waals surface area contributed by atoms with Crippen LogP contribution in [-0.4, -0.2) is 17.3 Å². The summed E-state index contributed by atoms with van der Waals surface area (Å²) in [5.41, 5.74) is 6.68. The summed E-state index contributed by atoms with van der Waals surface area (Å²) >= 11 is 5.97. The first kappa shape index (κ1) is 14.4. The fourth-order valence-electron chi connectivity index (χ4n) is 2.78. The van der Waals surface area contributed by atoms with Gasteiger partial charge in [0.1, 0.15) is 5.75 Å². The molecule has 0 bridgehead atoms. The van der Waals surface area contributed by atoms with Crippen molar-refractivity contribution >= 4 is 11.6 Å². The molecule has 1 heterocycles. The molecule has 1 aliphatic carbocycles. The molecule has 0 unspecified atom stereocenters. The molecule has 21 heavy (non-hydrogen) atoms. The number of rotatable bonds is 3. The Balaban J connectivity index is 1.95. The van der Waals surface area contributed by atoms with Gasteiger partial charge in [-0.25, -0.2) is 0 Å². The van der Waals surface area contributed by atoms with E-state index >= 15 is 0 Å². The molecule has 1 aromatic carbocycles. The van der Waals surface area contributed by atoms with Crippen LogP contribution in [0.5, 0.6) is 5.75 Å². The summed E-state index contributed by atoms with van der Waals surface area (Å²) in [5, 5.41) is 4.68. The number of aromatic nitrogens is 2. The van der Waals surface area contributed by atoms with Gasteiger partial charge >= 0.3 is 0 Å². The number of nitrogens with two attached hydrogens (primary N) is 1. The minimum atomic E-state index is -0.473. The lowest BCUT2D eigenvalue weighted by atomic mass is 9.82. The van der Waals surface area contributed by atoms with Gasteiger partial charge in [0.15, 0.2) is 5.82 Å². The molecule has 0 radical (unpaired) electrons. The lowest BCUT2D eigenvalue weighted by Crippen LogP contribution is -2.39. The van der Waals surface area contributed by atoms with Crippen LogP contribution >= 0.6 is 11.6 Å². The maximum Gasteiger partial charge on any atom is 0.261 e. The number of hydrogen-bond donors (Lipinski definition) is 1. The molecular formula is C15H18ClN3O2. The minimum Gasteiger partial charge on any atom is -0.496 e. The first-order valence-corrected chi connectivity index (χ1v) is 7.47. The van der Waals surface area contributed by atoms with Crippen molar-refractivity contribution in [2.24, 2.45) is 5.73 Å². The summed E-state index contributed by atoms with van der Waals surface area (Å²) in [5.74, 6) is 1.59. The van der Waals surface area contributed by atoms with Crippen LogP contribution in [0.1, 0.15) is 37.9 Å². The van der Waals surface area contributed by atoms with Gasteiger partial charge in [-0.05, 0) is 31.0 Å². The van der Waals surface area contributed by atoms with E-state index in [4.69, 9.17) is 26.6 Å². The lowest BCUT2D eigenvalue weighted by Gasteiger charge is -2.29. The second kappa shape index (κ2) is 5.66. The standard InChI is InChI=1S/C15H18ClN3O2/c1-20-12-9-10(16)5-6-11(12)13-18-14(19-21-13)15(17)7-3-2-4-8-15/h5-6,9H,2-4,7-8,17H2,1H3. The Labute approximate surface area is 128 Å². The third kappa shape index (κ3) is 2.76. The van der Waals surface area contributed by atoms with Crippen molar-refractivity contribution in [3.05, 3.63) is 29.0 Å². The number of nitrogens with zero attached hydrogens (tertiary/aromatic N) is 2. The number of ether oxygens (including phenoxy) is 1. The van der Waals surface area contributed by atoms with Crippen LogP contribution in [0.15, 0.2) is 22.7 Å². The van der Waals surface area contributed by atoms with Crippen LogP contribution in [0.4, 0.5) is 0 Å². The number of benzene rings is 1. The molecule has 6 heteroatoms. The Morgan fingerprint density at radius 1 is 1.29 bits per heavy atom. The molecule has 1 fully saturated rings. The molecule has 1 saturated carbocycles. The van der Waals surface area contributed by atoms with E-state index in [0.717, 1.165) is 31.2 Å². The van der Waals surface area contributed by atoms with Gasteiger partial charge in [-0.3, -0.25) is 0 Å². The van der Waals surface area contributed by atoms with Crippen molar-refractivity contribution in [3.8, 4) is 17.2 Å². The molecule has 0 atom stereocenters. The summed E-state index contributed by atoms with van der Waals surface area (Å²) in [6.45, 7) is 0. The molecule has 0 spiro atoms. The Morgan fingerprint density at radius 3 is 2.76 bits per heavy atom.